The second-order valence-corrected chi connectivity index (χ2v) is 10.3. The Labute approximate surface area is 195 Å². The molecule has 2 aliphatic rings. The van der Waals surface area contributed by atoms with Gasteiger partial charge in [0.25, 0.3) is 0 Å². The number of alkyl halides is 3. The molecular weight excluding hydrogens is 473 g/mol. The van der Waals surface area contributed by atoms with Gasteiger partial charge in [-0.05, 0) is 49.6 Å². The number of piperidine rings is 1. The number of ether oxygens (including phenoxy) is 2. The number of hydrogen-bond acceptors (Lipinski definition) is 5. The molecule has 7 nitrogen and oxygen atoms in total. The van der Waals surface area contributed by atoms with Crippen LogP contribution in [0.4, 0.5) is 18.9 Å². The standard InChI is InChI=1S/C23H25F3N2O5S/c1-15-3-4-17(13-19(15)23(24,25)26)27-22(29)16-7-9-28(10-8-16)34(30,31)18-5-6-20-21(14-18)33-12-2-11-32-20/h3-6,13-14,16H,2,7-12H2,1H3,(H,27,29). The summed E-state index contributed by atoms with van der Waals surface area (Å²) >= 11 is 0. The van der Waals surface area contributed by atoms with Crippen LogP contribution in [0.25, 0.3) is 0 Å². The fraction of sp³-hybridized carbons (Fsp3) is 0.435. The molecular formula is C23H25F3N2O5S. The molecule has 0 spiro atoms. The molecule has 2 aromatic carbocycles. The summed E-state index contributed by atoms with van der Waals surface area (Å²) < 4.78 is 78.1. The van der Waals surface area contributed by atoms with Crippen LogP contribution in [0, 0.1) is 12.8 Å². The first kappa shape index (κ1) is 24.3. The average Bonchev–Trinajstić information content (AvgIpc) is 3.04. The van der Waals surface area contributed by atoms with Gasteiger partial charge in [-0.25, -0.2) is 8.42 Å². The average molecular weight is 499 g/mol. The minimum atomic E-state index is -4.52. The zero-order chi connectivity index (χ0) is 24.5. The van der Waals surface area contributed by atoms with Crippen molar-refractivity contribution < 1.29 is 35.9 Å². The van der Waals surface area contributed by atoms with E-state index in [2.05, 4.69) is 5.32 Å². The number of halogens is 3. The summed E-state index contributed by atoms with van der Waals surface area (Å²) in [7, 11) is -3.80. The molecule has 0 saturated carbocycles. The summed E-state index contributed by atoms with van der Waals surface area (Å²) in [5.41, 5.74) is -0.676. The van der Waals surface area contributed by atoms with Crippen molar-refractivity contribution in [2.24, 2.45) is 5.92 Å². The monoisotopic (exact) mass is 498 g/mol. The maximum Gasteiger partial charge on any atom is 0.416 e. The highest BCUT2D eigenvalue weighted by Gasteiger charge is 2.34. The van der Waals surface area contributed by atoms with Crippen LogP contribution in [-0.4, -0.2) is 44.9 Å². The Bertz CT molecular complexity index is 1180. The highest BCUT2D eigenvalue weighted by atomic mass is 32.2. The normalized spacial score (nSPS) is 17.8. The van der Waals surface area contributed by atoms with Gasteiger partial charge in [-0.15, -0.1) is 0 Å². The van der Waals surface area contributed by atoms with E-state index in [9.17, 15) is 26.4 Å². The summed E-state index contributed by atoms with van der Waals surface area (Å²) in [6.45, 7) is 2.53. The van der Waals surface area contributed by atoms with Gasteiger partial charge in [0.15, 0.2) is 11.5 Å². The van der Waals surface area contributed by atoms with E-state index < -0.39 is 33.6 Å². The Balaban J connectivity index is 1.40. The highest BCUT2D eigenvalue weighted by Crippen LogP contribution is 2.35. The van der Waals surface area contributed by atoms with E-state index in [0.29, 0.717) is 31.1 Å². The molecule has 0 atom stereocenters. The Hall–Kier alpha value is -2.79. The molecule has 184 valence electrons. The smallest absolute Gasteiger partial charge is 0.416 e. The lowest BCUT2D eigenvalue weighted by Gasteiger charge is -2.30. The van der Waals surface area contributed by atoms with Crippen molar-refractivity contribution in [3.05, 3.63) is 47.5 Å². The van der Waals surface area contributed by atoms with Crippen LogP contribution in [0.15, 0.2) is 41.3 Å². The van der Waals surface area contributed by atoms with Crippen molar-refractivity contribution in [1.82, 2.24) is 4.31 Å². The first-order valence-electron chi connectivity index (χ1n) is 10.9. The van der Waals surface area contributed by atoms with Gasteiger partial charge < -0.3 is 14.8 Å². The molecule has 1 saturated heterocycles. The molecule has 2 aliphatic heterocycles. The molecule has 0 unspecified atom stereocenters. The zero-order valence-electron chi connectivity index (χ0n) is 18.5. The molecule has 34 heavy (non-hydrogen) atoms. The predicted molar refractivity (Wildman–Crippen MR) is 118 cm³/mol. The van der Waals surface area contributed by atoms with E-state index in [1.807, 2.05) is 0 Å². The molecule has 4 rings (SSSR count). The lowest BCUT2D eigenvalue weighted by molar-refractivity contribution is -0.138. The number of sulfonamides is 1. The quantitative estimate of drug-likeness (QED) is 0.683. The number of carbonyl (C=O) groups excluding carboxylic acids is 1. The predicted octanol–water partition coefficient (Wildman–Crippen LogP) is 4.21. The van der Waals surface area contributed by atoms with Crippen LogP contribution in [0.2, 0.25) is 0 Å². The first-order valence-corrected chi connectivity index (χ1v) is 12.4. The lowest BCUT2D eigenvalue weighted by atomic mass is 9.97. The summed E-state index contributed by atoms with van der Waals surface area (Å²) in [5, 5.41) is 2.54. The van der Waals surface area contributed by atoms with E-state index >= 15 is 0 Å². The highest BCUT2D eigenvalue weighted by molar-refractivity contribution is 7.89. The molecule has 0 aliphatic carbocycles. The second kappa shape index (κ2) is 9.46. The minimum absolute atomic E-state index is 0.0603. The topological polar surface area (TPSA) is 84.9 Å². The van der Waals surface area contributed by atoms with Gasteiger partial charge >= 0.3 is 6.18 Å². The molecule has 2 heterocycles. The van der Waals surface area contributed by atoms with Crippen molar-refractivity contribution in [2.45, 2.75) is 37.3 Å². The van der Waals surface area contributed by atoms with Crippen LogP contribution in [0.1, 0.15) is 30.4 Å². The summed E-state index contributed by atoms with van der Waals surface area (Å²) in [4.78, 5) is 12.7. The molecule has 0 bridgehead atoms. The van der Waals surface area contributed by atoms with Crippen LogP contribution in [-0.2, 0) is 21.0 Å². The van der Waals surface area contributed by atoms with E-state index in [1.54, 1.807) is 6.07 Å². The van der Waals surface area contributed by atoms with Crippen molar-refractivity contribution in [2.75, 3.05) is 31.6 Å². The third kappa shape index (κ3) is 5.15. The lowest BCUT2D eigenvalue weighted by Crippen LogP contribution is -2.41. The van der Waals surface area contributed by atoms with Gasteiger partial charge in [0, 0.05) is 37.2 Å². The zero-order valence-corrected chi connectivity index (χ0v) is 19.3. The number of fused-ring (bicyclic) bond motifs is 1. The van der Waals surface area contributed by atoms with Crippen LogP contribution in [0.5, 0.6) is 11.5 Å². The first-order chi connectivity index (χ1) is 16.1. The SMILES string of the molecule is Cc1ccc(NC(=O)C2CCN(S(=O)(=O)c3ccc4c(c3)OCCCO4)CC2)cc1C(F)(F)F. The van der Waals surface area contributed by atoms with Crippen molar-refractivity contribution in [3.63, 3.8) is 0 Å². The Morgan fingerprint density at radius 3 is 2.38 bits per heavy atom. The molecule has 2 aromatic rings. The van der Waals surface area contributed by atoms with E-state index in [0.717, 1.165) is 6.07 Å². The van der Waals surface area contributed by atoms with Crippen molar-refractivity contribution in [1.29, 1.82) is 0 Å². The molecule has 11 heteroatoms. The van der Waals surface area contributed by atoms with Crippen molar-refractivity contribution >= 4 is 21.6 Å². The summed E-state index contributed by atoms with van der Waals surface area (Å²) in [5.74, 6) is -0.0590. The summed E-state index contributed by atoms with van der Waals surface area (Å²) in [6.07, 6.45) is -3.30. The number of benzene rings is 2. The maximum absolute atomic E-state index is 13.1. The van der Waals surface area contributed by atoms with E-state index in [-0.39, 0.29) is 42.1 Å². The Kier molecular flexibility index (Phi) is 6.77. The molecule has 0 aromatic heterocycles. The number of amides is 1. The number of hydrogen-bond donors (Lipinski definition) is 1. The Morgan fingerprint density at radius 1 is 1.03 bits per heavy atom. The largest absolute Gasteiger partial charge is 0.490 e. The number of rotatable bonds is 4. The van der Waals surface area contributed by atoms with Gasteiger partial charge in [0.1, 0.15) is 0 Å². The van der Waals surface area contributed by atoms with Crippen LogP contribution >= 0.6 is 0 Å². The molecule has 0 radical (unpaired) electrons. The van der Waals surface area contributed by atoms with E-state index in [4.69, 9.17) is 9.47 Å². The van der Waals surface area contributed by atoms with Crippen LogP contribution in [0.3, 0.4) is 0 Å². The maximum atomic E-state index is 13.1. The number of carbonyl (C=O) groups is 1. The van der Waals surface area contributed by atoms with Gasteiger partial charge in [0.2, 0.25) is 15.9 Å². The molecule has 1 amide bonds. The van der Waals surface area contributed by atoms with Gasteiger partial charge in [-0.3, -0.25) is 4.79 Å². The number of nitrogens with zero attached hydrogens (tertiary/aromatic N) is 1. The van der Waals surface area contributed by atoms with Crippen LogP contribution < -0.4 is 14.8 Å². The van der Waals surface area contributed by atoms with Gasteiger partial charge in [0.05, 0.1) is 23.7 Å². The number of nitrogens with one attached hydrogen (secondary N) is 1. The molecule has 1 N–H and O–H groups in total. The van der Waals surface area contributed by atoms with Crippen molar-refractivity contribution in [3.8, 4) is 11.5 Å². The van der Waals surface area contributed by atoms with E-state index in [1.165, 1.54) is 35.5 Å². The fourth-order valence-electron chi connectivity index (χ4n) is 4.06. The third-order valence-electron chi connectivity index (χ3n) is 5.99. The fourth-order valence-corrected chi connectivity index (χ4v) is 5.55. The summed E-state index contributed by atoms with van der Waals surface area (Å²) in [6, 6.07) is 8.14. The number of anilines is 1. The molecule has 1 fully saturated rings. The second-order valence-electron chi connectivity index (χ2n) is 8.35. The van der Waals surface area contributed by atoms with Gasteiger partial charge in [-0.1, -0.05) is 6.07 Å². The third-order valence-corrected chi connectivity index (χ3v) is 7.89. The Morgan fingerprint density at radius 2 is 1.71 bits per heavy atom. The number of aryl methyl sites for hydroxylation is 1. The van der Waals surface area contributed by atoms with Gasteiger partial charge in [-0.2, -0.15) is 17.5 Å². The minimum Gasteiger partial charge on any atom is -0.490 e.